The van der Waals surface area contributed by atoms with E-state index < -0.39 is 39.7 Å². The Morgan fingerprint density at radius 3 is 2.57 bits per heavy atom. The van der Waals surface area contributed by atoms with Gasteiger partial charge in [0.1, 0.15) is 5.82 Å². The molecule has 0 saturated heterocycles. The maximum absolute atomic E-state index is 13.6. The van der Waals surface area contributed by atoms with Crippen LogP contribution < -0.4 is 10.1 Å². The molecule has 0 saturated carbocycles. The largest absolute Gasteiger partial charge is 0.429 e. The van der Waals surface area contributed by atoms with Crippen molar-refractivity contribution < 1.29 is 22.8 Å². The fraction of sp³-hybridized carbons (Fsp3) is 0.0833. The quantitative estimate of drug-likeness (QED) is 0.692. The number of halogens is 3. The summed E-state index contributed by atoms with van der Waals surface area (Å²) < 4.78 is 44.8. The average molecular weight is 299 g/mol. The second-order valence-corrected chi connectivity index (χ2v) is 3.83. The predicted octanol–water partition coefficient (Wildman–Crippen LogP) is 3.24. The summed E-state index contributed by atoms with van der Waals surface area (Å²) in [6.07, 6.45) is 0. The van der Waals surface area contributed by atoms with Crippen molar-refractivity contribution in [2.45, 2.75) is 0 Å². The van der Waals surface area contributed by atoms with E-state index in [0.29, 0.717) is 12.1 Å². The monoisotopic (exact) mass is 299 g/mol. The lowest BCUT2D eigenvalue weighted by atomic mass is 10.3. The van der Waals surface area contributed by atoms with Crippen LogP contribution in [0.15, 0.2) is 24.3 Å². The first kappa shape index (κ1) is 14.6. The molecule has 6 nitrogen and oxygen atoms in total. The molecule has 0 aliphatic carbocycles. The number of benzene rings is 1. The second-order valence-electron chi connectivity index (χ2n) is 3.83. The fourth-order valence-electron chi connectivity index (χ4n) is 1.52. The van der Waals surface area contributed by atoms with Gasteiger partial charge in [-0.2, -0.15) is 4.98 Å². The van der Waals surface area contributed by atoms with Crippen molar-refractivity contribution >= 4 is 11.5 Å². The van der Waals surface area contributed by atoms with E-state index in [4.69, 9.17) is 4.74 Å². The molecule has 0 bridgehead atoms. The summed E-state index contributed by atoms with van der Waals surface area (Å²) in [5, 5.41) is 13.2. The van der Waals surface area contributed by atoms with Crippen molar-refractivity contribution in [2.75, 3.05) is 12.4 Å². The molecule has 1 aromatic carbocycles. The molecular formula is C12H8F3N3O3. The van der Waals surface area contributed by atoms with Crippen molar-refractivity contribution in [2.24, 2.45) is 0 Å². The molecule has 21 heavy (non-hydrogen) atoms. The standard InChI is InChI=1S/C12H8F3N3O3/c1-16-11-7(14)5-8(15)12(17-11)21-10-3-2-6(13)4-9(10)18(19)20/h2-5H,1H3,(H,16,17). The third-order valence-corrected chi connectivity index (χ3v) is 2.46. The number of hydrogen-bond acceptors (Lipinski definition) is 5. The van der Waals surface area contributed by atoms with Gasteiger partial charge in [-0.15, -0.1) is 0 Å². The molecule has 0 radical (unpaired) electrons. The van der Waals surface area contributed by atoms with Crippen LogP contribution in [-0.4, -0.2) is 17.0 Å². The van der Waals surface area contributed by atoms with Crippen LogP contribution in [0.5, 0.6) is 11.6 Å². The molecular weight excluding hydrogens is 291 g/mol. The van der Waals surface area contributed by atoms with Crippen molar-refractivity contribution in [1.29, 1.82) is 0 Å². The lowest BCUT2D eigenvalue weighted by molar-refractivity contribution is -0.385. The van der Waals surface area contributed by atoms with Crippen molar-refractivity contribution in [1.82, 2.24) is 4.98 Å². The van der Waals surface area contributed by atoms with Crippen LogP contribution in [-0.2, 0) is 0 Å². The smallest absolute Gasteiger partial charge is 0.314 e. The molecule has 1 N–H and O–H groups in total. The molecule has 1 aromatic heterocycles. The van der Waals surface area contributed by atoms with Gasteiger partial charge in [-0.05, 0) is 12.1 Å². The van der Waals surface area contributed by atoms with Gasteiger partial charge in [-0.25, -0.2) is 13.2 Å². The Bertz CT molecular complexity index is 710. The zero-order valence-corrected chi connectivity index (χ0v) is 10.6. The van der Waals surface area contributed by atoms with E-state index in [0.717, 1.165) is 12.1 Å². The molecule has 0 spiro atoms. The number of rotatable bonds is 4. The topological polar surface area (TPSA) is 77.3 Å². The Hall–Kier alpha value is -2.84. The third-order valence-electron chi connectivity index (χ3n) is 2.46. The lowest BCUT2D eigenvalue weighted by Crippen LogP contribution is -2.02. The first-order chi connectivity index (χ1) is 9.92. The SMILES string of the molecule is CNc1nc(Oc2ccc(F)cc2[N+](=O)[O-])c(F)cc1F. The lowest BCUT2D eigenvalue weighted by Gasteiger charge is -2.08. The molecule has 110 valence electrons. The molecule has 0 fully saturated rings. The van der Waals surface area contributed by atoms with Crippen LogP contribution in [0.3, 0.4) is 0 Å². The number of nitrogens with zero attached hydrogens (tertiary/aromatic N) is 2. The van der Waals surface area contributed by atoms with Gasteiger partial charge in [-0.3, -0.25) is 10.1 Å². The minimum absolute atomic E-state index is 0.295. The summed E-state index contributed by atoms with van der Waals surface area (Å²) >= 11 is 0. The molecule has 0 amide bonds. The van der Waals surface area contributed by atoms with Gasteiger partial charge >= 0.3 is 5.69 Å². The number of aromatic nitrogens is 1. The van der Waals surface area contributed by atoms with Gasteiger partial charge in [0.05, 0.1) is 11.0 Å². The number of hydrogen-bond donors (Lipinski definition) is 1. The number of nitrogens with one attached hydrogen (secondary N) is 1. The zero-order chi connectivity index (χ0) is 15.6. The maximum Gasteiger partial charge on any atom is 0.314 e. The molecule has 0 atom stereocenters. The number of ether oxygens (including phenoxy) is 1. The van der Waals surface area contributed by atoms with Gasteiger partial charge < -0.3 is 10.1 Å². The summed E-state index contributed by atoms with van der Waals surface area (Å²) in [6.45, 7) is 0. The second kappa shape index (κ2) is 5.65. The summed E-state index contributed by atoms with van der Waals surface area (Å²) in [5.74, 6) is -4.33. The summed E-state index contributed by atoms with van der Waals surface area (Å²) in [4.78, 5) is 13.4. The molecule has 0 aliphatic heterocycles. The van der Waals surface area contributed by atoms with Gasteiger partial charge in [0.15, 0.2) is 17.5 Å². The van der Waals surface area contributed by atoms with Crippen LogP contribution in [0.2, 0.25) is 0 Å². The Kier molecular flexibility index (Phi) is 3.92. The van der Waals surface area contributed by atoms with Gasteiger partial charge in [0, 0.05) is 13.1 Å². The Balaban J connectivity index is 2.45. The maximum atomic E-state index is 13.6. The van der Waals surface area contributed by atoms with Crippen LogP contribution in [0, 0.1) is 27.6 Å². The van der Waals surface area contributed by atoms with Gasteiger partial charge in [-0.1, -0.05) is 0 Å². The van der Waals surface area contributed by atoms with E-state index in [9.17, 15) is 23.3 Å². The highest BCUT2D eigenvalue weighted by Crippen LogP contribution is 2.33. The van der Waals surface area contributed by atoms with Crippen LogP contribution in [0.1, 0.15) is 0 Å². The van der Waals surface area contributed by atoms with E-state index in [1.165, 1.54) is 7.05 Å². The van der Waals surface area contributed by atoms with Crippen LogP contribution in [0.25, 0.3) is 0 Å². The molecule has 9 heteroatoms. The Morgan fingerprint density at radius 1 is 1.24 bits per heavy atom. The number of pyridine rings is 1. The Morgan fingerprint density at radius 2 is 1.95 bits per heavy atom. The van der Waals surface area contributed by atoms with E-state index in [1.54, 1.807) is 0 Å². The average Bonchev–Trinajstić information content (AvgIpc) is 2.43. The van der Waals surface area contributed by atoms with Crippen molar-refractivity contribution in [3.05, 3.63) is 51.8 Å². The van der Waals surface area contributed by atoms with E-state index in [-0.39, 0.29) is 5.82 Å². The zero-order valence-electron chi connectivity index (χ0n) is 10.6. The molecule has 2 rings (SSSR count). The normalized spacial score (nSPS) is 10.3. The van der Waals surface area contributed by atoms with E-state index in [2.05, 4.69) is 10.3 Å². The highest BCUT2D eigenvalue weighted by Gasteiger charge is 2.20. The summed E-state index contributed by atoms with van der Waals surface area (Å²) in [6, 6.07) is 3.00. The first-order valence-electron chi connectivity index (χ1n) is 5.58. The fourth-order valence-corrected chi connectivity index (χ4v) is 1.52. The summed E-state index contributed by atoms with van der Waals surface area (Å²) in [5.41, 5.74) is -0.702. The minimum Gasteiger partial charge on any atom is -0.429 e. The molecule has 1 heterocycles. The highest BCUT2D eigenvalue weighted by atomic mass is 19.1. The number of nitro groups is 1. The van der Waals surface area contributed by atoms with Crippen molar-refractivity contribution in [3.8, 4) is 11.6 Å². The number of nitro benzene ring substituents is 1. The van der Waals surface area contributed by atoms with Gasteiger partial charge in [0.25, 0.3) is 5.88 Å². The van der Waals surface area contributed by atoms with Crippen molar-refractivity contribution in [3.63, 3.8) is 0 Å². The molecule has 2 aromatic rings. The summed E-state index contributed by atoms with van der Waals surface area (Å²) in [7, 11) is 1.35. The van der Waals surface area contributed by atoms with E-state index in [1.807, 2.05) is 0 Å². The molecule has 0 unspecified atom stereocenters. The number of anilines is 1. The highest BCUT2D eigenvalue weighted by molar-refractivity contribution is 5.49. The third kappa shape index (κ3) is 3.02. The minimum atomic E-state index is -1.15. The predicted molar refractivity (Wildman–Crippen MR) is 66.8 cm³/mol. The molecule has 0 aliphatic rings. The Labute approximate surface area is 116 Å². The van der Waals surface area contributed by atoms with Gasteiger partial charge in [0.2, 0.25) is 5.75 Å². The van der Waals surface area contributed by atoms with Crippen LogP contribution >= 0.6 is 0 Å². The first-order valence-corrected chi connectivity index (χ1v) is 5.58. The van der Waals surface area contributed by atoms with E-state index >= 15 is 0 Å². The van der Waals surface area contributed by atoms with Crippen LogP contribution in [0.4, 0.5) is 24.7 Å².